The molecule has 1 amide bonds. The van der Waals surface area contributed by atoms with Crippen molar-refractivity contribution >= 4 is 23.6 Å². The highest BCUT2D eigenvalue weighted by molar-refractivity contribution is 5.97. The Kier molecular flexibility index (Phi) is 10.0. The number of carbonyl (C=O) groups excluding carboxylic acids is 2. The Morgan fingerprint density at radius 3 is 2.10 bits per heavy atom. The van der Waals surface area contributed by atoms with Crippen LogP contribution in [-0.2, 0) is 14.4 Å². The summed E-state index contributed by atoms with van der Waals surface area (Å²) in [5.74, 6) is -2.46. The Balaban J connectivity index is 0.000000960. The first-order valence-electron chi connectivity index (χ1n) is 9.56. The van der Waals surface area contributed by atoms with E-state index in [0.29, 0.717) is 18.5 Å². The third-order valence-electron chi connectivity index (χ3n) is 4.81. The standard InChI is InChI=1S/C19H26N2O4.C2H4O2/c1-20(2)16-9-8-15(19(24)25)12-21(13-16)18(23)11-10-17(22)14-6-4-3-5-7-14;1-2(3)4/h3-7,15-16H,8-13H2,1-2H3,(H,24,25);1H3,(H,3,4)/t15-,16+;/m0./s1. The molecule has 1 aromatic carbocycles. The lowest BCUT2D eigenvalue weighted by atomic mass is 10.0. The topological polar surface area (TPSA) is 115 Å². The van der Waals surface area contributed by atoms with Gasteiger partial charge in [-0.1, -0.05) is 30.3 Å². The first-order chi connectivity index (χ1) is 13.6. The van der Waals surface area contributed by atoms with E-state index in [2.05, 4.69) is 0 Å². The molecule has 29 heavy (non-hydrogen) atoms. The van der Waals surface area contributed by atoms with Gasteiger partial charge in [0, 0.05) is 44.5 Å². The van der Waals surface area contributed by atoms with Crippen molar-refractivity contribution in [3.05, 3.63) is 35.9 Å². The van der Waals surface area contributed by atoms with Gasteiger partial charge in [0.05, 0.1) is 5.92 Å². The average Bonchev–Trinajstić information content (AvgIpc) is 2.90. The minimum Gasteiger partial charge on any atom is -0.481 e. The molecule has 8 heteroatoms. The summed E-state index contributed by atoms with van der Waals surface area (Å²) < 4.78 is 0. The zero-order valence-electron chi connectivity index (χ0n) is 17.2. The number of ketones is 1. The second kappa shape index (κ2) is 12.0. The molecule has 1 saturated heterocycles. The summed E-state index contributed by atoms with van der Waals surface area (Å²) in [7, 11) is 3.88. The number of carboxylic acid groups (broad SMARTS) is 2. The van der Waals surface area contributed by atoms with Crippen LogP contribution in [0.2, 0.25) is 0 Å². The number of rotatable bonds is 6. The lowest BCUT2D eigenvalue weighted by molar-refractivity contribution is -0.143. The van der Waals surface area contributed by atoms with Crippen LogP contribution in [0.1, 0.15) is 43.0 Å². The van der Waals surface area contributed by atoms with E-state index in [0.717, 1.165) is 13.3 Å². The number of hydrogen-bond acceptors (Lipinski definition) is 5. The van der Waals surface area contributed by atoms with Crippen molar-refractivity contribution in [2.24, 2.45) is 5.92 Å². The molecule has 1 aliphatic heterocycles. The quantitative estimate of drug-likeness (QED) is 0.694. The van der Waals surface area contributed by atoms with Crippen molar-refractivity contribution in [1.29, 1.82) is 0 Å². The molecule has 2 N–H and O–H groups in total. The van der Waals surface area contributed by atoms with E-state index in [1.54, 1.807) is 29.2 Å². The van der Waals surface area contributed by atoms with Crippen LogP contribution in [0.25, 0.3) is 0 Å². The van der Waals surface area contributed by atoms with Crippen molar-refractivity contribution in [2.45, 2.75) is 38.6 Å². The Hall–Kier alpha value is -2.74. The van der Waals surface area contributed by atoms with Crippen LogP contribution in [0, 0.1) is 5.92 Å². The molecule has 8 nitrogen and oxygen atoms in total. The molecule has 0 spiro atoms. The number of amides is 1. The molecule has 1 aliphatic rings. The normalized spacial score (nSPS) is 19.0. The number of likely N-dealkylation sites (N-methyl/N-ethyl adjacent to an activating group) is 1. The van der Waals surface area contributed by atoms with Crippen LogP contribution in [0.4, 0.5) is 0 Å². The summed E-state index contributed by atoms with van der Waals surface area (Å²) in [4.78, 5) is 48.8. The van der Waals surface area contributed by atoms with Crippen molar-refractivity contribution in [2.75, 3.05) is 27.2 Å². The van der Waals surface area contributed by atoms with Gasteiger partial charge in [0.15, 0.2) is 5.78 Å². The SMILES string of the molecule is CC(=O)O.CN(C)[C@@H]1CC[C@H](C(=O)O)CN(C(=O)CCC(=O)c2ccccc2)C1. The third-order valence-corrected chi connectivity index (χ3v) is 4.81. The molecule has 0 aliphatic carbocycles. The van der Waals surface area contributed by atoms with E-state index in [-0.39, 0.29) is 37.1 Å². The maximum atomic E-state index is 12.6. The Morgan fingerprint density at radius 1 is 1.00 bits per heavy atom. The number of carboxylic acids is 2. The highest BCUT2D eigenvalue weighted by Crippen LogP contribution is 2.20. The maximum Gasteiger partial charge on any atom is 0.308 e. The first-order valence-corrected chi connectivity index (χ1v) is 9.56. The number of nitrogens with zero attached hydrogens (tertiary/aromatic N) is 2. The third kappa shape index (κ3) is 8.87. The summed E-state index contributed by atoms with van der Waals surface area (Å²) in [6.07, 6.45) is 1.56. The molecule has 1 aromatic rings. The fraction of sp³-hybridized carbons (Fsp3) is 0.524. The van der Waals surface area contributed by atoms with Crippen LogP contribution in [0.3, 0.4) is 0 Å². The molecule has 2 atom stereocenters. The predicted octanol–water partition coefficient (Wildman–Crippen LogP) is 1.99. The van der Waals surface area contributed by atoms with Crippen molar-refractivity contribution in [1.82, 2.24) is 9.80 Å². The lowest BCUT2D eigenvalue weighted by Gasteiger charge is -2.28. The Labute approximate surface area is 171 Å². The number of hydrogen-bond donors (Lipinski definition) is 2. The monoisotopic (exact) mass is 406 g/mol. The molecule has 0 radical (unpaired) electrons. The van der Waals surface area contributed by atoms with E-state index in [9.17, 15) is 19.5 Å². The second-order valence-electron chi connectivity index (χ2n) is 7.34. The van der Waals surface area contributed by atoms with Crippen LogP contribution in [0.15, 0.2) is 30.3 Å². The van der Waals surface area contributed by atoms with E-state index >= 15 is 0 Å². The van der Waals surface area contributed by atoms with Gasteiger partial charge < -0.3 is 20.0 Å². The second-order valence-corrected chi connectivity index (χ2v) is 7.34. The van der Waals surface area contributed by atoms with Gasteiger partial charge in [-0.3, -0.25) is 19.2 Å². The average molecular weight is 406 g/mol. The zero-order valence-corrected chi connectivity index (χ0v) is 17.2. The van der Waals surface area contributed by atoms with Gasteiger partial charge >= 0.3 is 5.97 Å². The Bertz CT molecular complexity index is 700. The summed E-state index contributed by atoms with van der Waals surface area (Å²) in [6.45, 7) is 1.81. The van der Waals surface area contributed by atoms with Crippen molar-refractivity contribution < 1.29 is 29.4 Å². The molecular weight excluding hydrogens is 376 g/mol. The van der Waals surface area contributed by atoms with Crippen molar-refractivity contribution in [3.8, 4) is 0 Å². The first kappa shape index (κ1) is 24.3. The molecular formula is C21H30N2O6. The summed E-state index contributed by atoms with van der Waals surface area (Å²) in [6, 6.07) is 9.04. The van der Waals surface area contributed by atoms with E-state index in [4.69, 9.17) is 9.90 Å². The zero-order chi connectivity index (χ0) is 22.0. The fourth-order valence-electron chi connectivity index (χ4n) is 3.14. The summed E-state index contributed by atoms with van der Waals surface area (Å²) in [5, 5.41) is 16.8. The molecule has 0 unspecified atom stereocenters. The number of likely N-dealkylation sites (tertiary alicyclic amines) is 1. The van der Waals surface area contributed by atoms with Crippen molar-refractivity contribution in [3.63, 3.8) is 0 Å². The summed E-state index contributed by atoms with van der Waals surface area (Å²) >= 11 is 0. The van der Waals surface area contributed by atoms with E-state index < -0.39 is 17.9 Å². The van der Waals surface area contributed by atoms with Crippen LogP contribution < -0.4 is 0 Å². The lowest BCUT2D eigenvalue weighted by Crippen LogP contribution is -2.43. The number of aliphatic carboxylic acids is 2. The largest absolute Gasteiger partial charge is 0.481 e. The van der Waals surface area contributed by atoms with Crippen LogP contribution in [0.5, 0.6) is 0 Å². The number of benzene rings is 1. The summed E-state index contributed by atoms with van der Waals surface area (Å²) in [5.41, 5.74) is 0.598. The highest BCUT2D eigenvalue weighted by Gasteiger charge is 2.31. The minimum absolute atomic E-state index is 0.0669. The van der Waals surface area contributed by atoms with Gasteiger partial charge in [-0.15, -0.1) is 0 Å². The number of carbonyl (C=O) groups is 4. The molecule has 2 rings (SSSR count). The maximum absolute atomic E-state index is 12.6. The highest BCUT2D eigenvalue weighted by atomic mass is 16.4. The fourth-order valence-corrected chi connectivity index (χ4v) is 3.14. The van der Waals surface area contributed by atoms with E-state index in [1.165, 1.54) is 0 Å². The van der Waals surface area contributed by atoms with Gasteiger partial charge in [0.25, 0.3) is 5.97 Å². The molecule has 160 valence electrons. The van der Waals surface area contributed by atoms with Gasteiger partial charge in [-0.05, 0) is 26.9 Å². The molecule has 0 bridgehead atoms. The number of Topliss-reactive ketones (excluding diaryl/α,β-unsaturated/α-hetero) is 1. The Morgan fingerprint density at radius 2 is 1.59 bits per heavy atom. The van der Waals surface area contributed by atoms with Crippen LogP contribution in [-0.4, -0.2) is 76.9 Å². The van der Waals surface area contributed by atoms with Gasteiger partial charge in [0.1, 0.15) is 0 Å². The molecule has 0 aromatic heterocycles. The molecule has 1 fully saturated rings. The molecule has 0 saturated carbocycles. The van der Waals surface area contributed by atoms with Gasteiger partial charge in [0.2, 0.25) is 5.91 Å². The smallest absolute Gasteiger partial charge is 0.308 e. The van der Waals surface area contributed by atoms with Crippen LogP contribution >= 0.6 is 0 Å². The predicted molar refractivity (Wildman–Crippen MR) is 108 cm³/mol. The van der Waals surface area contributed by atoms with Gasteiger partial charge in [-0.2, -0.15) is 0 Å². The van der Waals surface area contributed by atoms with Gasteiger partial charge in [-0.25, -0.2) is 0 Å². The van der Waals surface area contributed by atoms with E-state index in [1.807, 2.05) is 25.1 Å². The molecule has 1 heterocycles. The minimum atomic E-state index is -0.863.